The standard InChI is InChI=1S/C18H14BN3O5/c23-17(11-4-5-13-14(8-11)21-7-6-20-13)22-15-9-10-2-1-3-12(18(24)25)16(10)27-19(15)26/h1-8,15,26H,9H2,(H,22,23)(H,24,25). The van der Waals surface area contributed by atoms with E-state index in [9.17, 15) is 19.7 Å². The van der Waals surface area contributed by atoms with Crippen LogP contribution in [0.1, 0.15) is 26.3 Å². The van der Waals surface area contributed by atoms with Crippen LogP contribution in [0.25, 0.3) is 11.0 Å². The topological polar surface area (TPSA) is 122 Å². The normalized spacial score (nSPS) is 15.7. The molecule has 0 aliphatic carbocycles. The molecule has 0 bridgehead atoms. The lowest BCUT2D eigenvalue weighted by Crippen LogP contribution is -2.53. The van der Waals surface area contributed by atoms with Crippen LogP contribution in [0.15, 0.2) is 48.8 Å². The van der Waals surface area contributed by atoms with Gasteiger partial charge in [0, 0.05) is 18.0 Å². The van der Waals surface area contributed by atoms with Gasteiger partial charge in [0.05, 0.1) is 22.5 Å². The van der Waals surface area contributed by atoms with Crippen molar-refractivity contribution < 1.29 is 24.4 Å². The number of nitrogens with one attached hydrogen (secondary N) is 1. The lowest BCUT2D eigenvalue weighted by Gasteiger charge is -2.28. The molecular weight excluding hydrogens is 349 g/mol. The second kappa shape index (κ2) is 6.69. The van der Waals surface area contributed by atoms with E-state index in [0.29, 0.717) is 22.2 Å². The highest BCUT2D eigenvalue weighted by molar-refractivity contribution is 6.47. The van der Waals surface area contributed by atoms with E-state index in [4.69, 9.17) is 4.65 Å². The minimum absolute atomic E-state index is 0.0237. The first kappa shape index (κ1) is 17.0. The van der Waals surface area contributed by atoms with Crippen molar-refractivity contribution in [3.8, 4) is 5.75 Å². The van der Waals surface area contributed by atoms with Crippen molar-refractivity contribution in [2.75, 3.05) is 0 Å². The minimum Gasteiger partial charge on any atom is -0.534 e. The van der Waals surface area contributed by atoms with Gasteiger partial charge in [-0.05, 0) is 36.2 Å². The molecule has 1 aliphatic heterocycles. The molecule has 0 fully saturated rings. The van der Waals surface area contributed by atoms with Crippen LogP contribution in [-0.2, 0) is 6.42 Å². The maximum absolute atomic E-state index is 12.6. The molecule has 1 aromatic heterocycles. The number of carboxylic acid groups (broad SMARTS) is 1. The smallest absolute Gasteiger partial charge is 0.534 e. The van der Waals surface area contributed by atoms with E-state index in [1.807, 2.05) is 0 Å². The van der Waals surface area contributed by atoms with Gasteiger partial charge < -0.3 is 20.1 Å². The molecule has 2 heterocycles. The molecule has 0 saturated heterocycles. The number of carbonyl (C=O) groups is 2. The summed E-state index contributed by atoms with van der Waals surface area (Å²) in [6.45, 7) is 0. The zero-order chi connectivity index (χ0) is 19.0. The number of aromatic nitrogens is 2. The summed E-state index contributed by atoms with van der Waals surface area (Å²) >= 11 is 0. The molecule has 9 heteroatoms. The maximum atomic E-state index is 12.6. The quantitative estimate of drug-likeness (QED) is 0.596. The third-order valence-electron chi connectivity index (χ3n) is 4.40. The molecule has 0 radical (unpaired) electrons. The highest BCUT2D eigenvalue weighted by atomic mass is 16.5. The Morgan fingerprint density at radius 3 is 2.70 bits per heavy atom. The number of para-hydroxylation sites is 1. The summed E-state index contributed by atoms with van der Waals surface area (Å²) in [7, 11) is -1.36. The number of carbonyl (C=O) groups excluding carboxylic acids is 1. The summed E-state index contributed by atoms with van der Waals surface area (Å²) in [6.07, 6.45) is 3.36. The van der Waals surface area contributed by atoms with E-state index >= 15 is 0 Å². The highest BCUT2D eigenvalue weighted by Gasteiger charge is 2.37. The van der Waals surface area contributed by atoms with Gasteiger partial charge in [-0.25, -0.2) is 4.79 Å². The fourth-order valence-electron chi connectivity index (χ4n) is 3.07. The summed E-state index contributed by atoms with van der Waals surface area (Å²) in [5, 5.41) is 22.2. The SMILES string of the molecule is O=C(NC1Cc2cccc(C(=O)O)c2OB1O)c1ccc2nccnc2c1. The molecule has 1 amide bonds. The first-order chi connectivity index (χ1) is 13.0. The van der Waals surface area contributed by atoms with Crippen LogP contribution >= 0.6 is 0 Å². The summed E-state index contributed by atoms with van der Waals surface area (Å²) in [4.78, 5) is 32.2. The Hall–Kier alpha value is -3.46. The van der Waals surface area contributed by atoms with Gasteiger partial charge in [0.15, 0.2) is 0 Å². The van der Waals surface area contributed by atoms with Gasteiger partial charge in [0.2, 0.25) is 0 Å². The van der Waals surface area contributed by atoms with Crippen LogP contribution in [0.3, 0.4) is 0 Å². The number of amides is 1. The molecular formula is C18H14BN3O5. The molecule has 0 saturated carbocycles. The van der Waals surface area contributed by atoms with Crippen molar-refractivity contribution in [3.63, 3.8) is 0 Å². The van der Waals surface area contributed by atoms with Gasteiger partial charge in [-0.15, -0.1) is 0 Å². The number of benzene rings is 2. The molecule has 2 aromatic carbocycles. The van der Waals surface area contributed by atoms with Crippen molar-refractivity contribution >= 4 is 30.0 Å². The van der Waals surface area contributed by atoms with Gasteiger partial charge in [0.1, 0.15) is 5.75 Å². The molecule has 3 N–H and O–H groups in total. The average Bonchev–Trinajstić information content (AvgIpc) is 2.67. The van der Waals surface area contributed by atoms with Crippen LogP contribution < -0.4 is 9.97 Å². The number of aromatic carboxylic acids is 1. The summed E-state index contributed by atoms with van der Waals surface area (Å²) in [5.41, 5.74) is 2.21. The Morgan fingerprint density at radius 2 is 1.93 bits per heavy atom. The van der Waals surface area contributed by atoms with Crippen LogP contribution in [-0.4, -0.2) is 45.0 Å². The van der Waals surface area contributed by atoms with Gasteiger partial charge in [-0.3, -0.25) is 14.8 Å². The molecule has 1 aliphatic rings. The zero-order valence-corrected chi connectivity index (χ0v) is 14.0. The van der Waals surface area contributed by atoms with Gasteiger partial charge >= 0.3 is 13.1 Å². The third-order valence-corrected chi connectivity index (χ3v) is 4.40. The molecule has 4 rings (SSSR count). The first-order valence-corrected chi connectivity index (χ1v) is 8.24. The van der Waals surface area contributed by atoms with Gasteiger partial charge in [-0.2, -0.15) is 0 Å². The molecule has 1 atom stereocenters. The Kier molecular flexibility index (Phi) is 4.21. The number of hydrogen-bond acceptors (Lipinski definition) is 6. The number of hydrogen-bond donors (Lipinski definition) is 3. The maximum Gasteiger partial charge on any atom is 0.547 e. The Labute approximate surface area is 154 Å². The van der Waals surface area contributed by atoms with Crippen LogP contribution in [0.5, 0.6) is 5.75 Å². The van der Waals surface area contributed by atoms with E-state index in [-0.39, 0.29) is 17.7 Å². The molecule has 8 nitrogen and oxygen atoms in total. The summed E-state index contributed by atoms with van der Waals surface area (Å²) in [6, 6.07) is 9.65. The fourth-order valence-corrected chi connectivity index (χ4v) is 3.07. The molecule has 134 valence electrons. The molecule has 1 unspecified atom stereocenters. The number of nitrogens with zero attached hydrogens (tertiary/aromatic N) is 2. The Balaban J connectivity index is 1.56. The lowest BCUT2D eigenvalue weighted by molar-refractivity contribution is 0.0693. The van der Waals surface area contributed by atoms with Gasteiger partial charge in [0.25, 0.3) is 5.91 Å². The van der Waals surface area contributed by atoms with Crippen LogP contribution in [0.4, 0.5) is 0 Å². The molecule has 0 spiro atoms. The summed E-state index contributed by atoms with van der Waals surface area (Å²) in [5.74, 6) is -2.12. The van der Waals surface area contributed by atoms with Crippen LogP contribution in [0.2, 0.25) is 0 Å². The predicted molar refractivity (Wildman–Crippen MR) is 96.5 cm³/mol. The van der Waals surface area contributed by atoms with Crippen molar-refractivity contribution in [1.82, 2.24) is 15.3 Å². The predicted octanol–water partition coefficient (Wildman–Crippen LogP) is 1.08. The average molecular weight is 363 g/mol. The largest absolute Gasteiger partial charge is 0.547 e. The summed E-state index contributed by atoms with van der Waals surface area (Å²) < 4.78 is 5.38. The third kappa shape index (κ3) is 3.20. The van der Waals surface area contributed by atoms with E-state index in [2.05, 4.69) is 15.3 Å². The van der Waals surface area contributed by atoms with E-state index in [0.717, 1.165) is 0 Å². The monoisotopic (exact) mass is 363 g/mol. The number of carboxylic acids is 1. The lowest BCUT2D eigenvalue weighted by atomic mass is 9.72. The molecule has 27 heavy (non-hydrogen) atoms. The number of fused-ring (bicyclic) bond motifs is 2. The van der Waals surface area contributed by atoms with E-state index < -0.39 is 24.9 Å². The second-order valence-corrected chi connectivity index (χ2v) is 6.15. The van der Waals surface area contributed by atoms with E-state index in [1.165, 1.54) is 6.07 Å². The Morgan fingerprint density at radius 1 is 1.15 bits per heavy atom. The van der Waals surface area contributed by atoms with E-state index in [1.54, 1.807) is 42.7 Å². The minimum atomic E-state index is -1.36. The van der Waals surface area contributed by atoms with Crippen molar-refractivity contribution in [2.24, 2.45) is 0 Å². The Bertz CT molecular complexity index is 1060. The number of rotatable bonds is 3. The van der Waals surface area contributed by atoms with Crippen LogP contribution in [0, 0.1) is 0 Å². The van der Waals surface area contributed by atoms with Crippen molar-refractivity contribution in [1.29, 1.82) is 0 Å². The molecule has 3 aromatic rings. The van der Waals surface area contributed by atoms with Gasteiger partial charge in [-0.1, -0.05) is 12.1 Å². The first-order valence-electron chi connectivity index (χ1n) is 8.24. The fraction of sp³-hybridized carbons (Fsp3) is 0.111. The van der Waals surface area contributed by atoms with Crippen molar-refractivity contribution in [2.45, 2.75) is 12.4 Å². The second-order valence-electron chi connectivity index (χ2n) is 6.15. The van der Waals surface area contributed by atoms with Crippen molar-refractivity contribution in [3.05, 3.63) is 65.5 Å². The highest BCUT2D eigenvalue weighted by Crippen LogP contribution is 2.30. The zero-order valence-electron chi connectivity index (χ0n) is 14.0.